The Morgan fingerprint density at radius 3 is 2.43 bits per heavy atom. The number of rotatable bonds is 7. The van der Waals surface area contributed by atoms with Crippen LogP contribution in [0.15, 0.2) is 65.9 Å². The molecule has 0 radical (unpaired) electrons. The van der Waals surface area contributed by atoms with Gasteiger partial charge in [0.25, 0.3) is 0 Å². The van der Waals surface area contributed by atoms with E-state index in [1.54, 1.807) is 20.4 Å². The Morgan fingerprint density at radius 2 is 1.79 bits per heavy atom. The summed E-state index contributed by atoms with van der Waals surface area (Å²) in [6, 6.07) is 15.7. The van der Waals surface area contributed by atoms with Gasteiger partial charge in [-0.05, 0) is 41.5 Å². The average Bonchev–Trinajstić information content (AvgIpc) is 3.25. The first-order valence-electron chi connectivity index (χ1n) is 8.53. The van der Waals surface area contributed by atoms with Crippen molar-refractivity contribution < 1.29 is 9.47 Å². The molecule has 2 aromatic carbocycles. The maximum atomic E-state index is 5.97. The molecule has 3 aromatic rings. The molecule has 0 aliphatic heterocycles. The lowest BCUT2D eigenvalue weighted by molar-refractivity contribution is 0.354. The van der Waals surface area contributed by atoms with Gasteiger partial charge in [0.2, 0.25) is 0 Å². The van der Waals surface area contributed by atoms with Crippen LogP contribution >= 0.6 is 24.0 Å². The van der Waals surface area contributed by atoms with E-state index in [0.29, 0.717) is 30.5 Å². The van der Waals surface area contributed by atoms with E-state index in [1.165, 1.54) is 0 Å². The lowest BCUT2D eigenvalue weighted by atomic mass is 10.2. The van der Waals surface area contributed by atoms with E-state index in [2.05, 4.69) is 15.4 Å². The number of halogens is 1. The normalized spacial score (nSPS) is 10.9. The van der Waals surface area contributed by atoms with Crippen LogP contribution in [0, 0.1) is 0 Å². The highest BCUT2D eigenvalue weighted by molar-refractivity contribution is 14.0. The Balaban J connectivity index is 0.00000280. The van der Waals surface area contributed by atoms with Crippen LogP contribution in [-0.4, -0.2) is 30.0 Å². The van der Waals surface area contributed by atoms with Gasteiger partial charge < -0.3 is 20.5 Å². The number of aromatic nitrogens is 2. The summed E-state index contributed by atoms with van der Waals surface area (Å²) in [7, 11) is 3.22. The van der Waals surface area contributed by atoms with Gasteiger partial charge in [0.1, 0.15) is 0 Å². The maximum Gasteiger partial charge on any atom is 0.189 e. The Kier molecular flexibility index (Phi) is 8.12. The van der Waals surface area contributed by atoms with Gasteiger partial charge in [0.05, 0.1) is 26.5 Å². The van der Waals surface area contributed by atoms with Gasteiger partial charge in [-0.15, -0.1) is 24.0 Å². The highest BCUT2D eigenvalue weighted by atomic mass is 127. The smallest absolute Gasteiger partial charge is 0.189 e. The molecule has 0 unspecified atom stereocenters. The molecule has 28 heavy (non-hydrogen) atoms. The number of aliphatic imine (C=N–C) groups is 1. The van der Waals surface area contributed by atoms with Gasteiger partial charge >= 0.3 is 0 Å². The van der Waals surface area contributed by atoms with Crippen LogP contribution < -0.4 is 20.5 Å². The van der Waals surface area contributed by atoms with Crippen LogP contribution in [0.5, 0.6) is 11.5 Å². The van der Waals surface area contributed by atoms with Gasteiger partial charge in [-0.3, -0.25) is 0 Å². The van der Waals surface area contributed by atoms with Gasteiger partial charge in [-0.2, -0.15) is 5.10 Å². The van der Waals surface area contributed by atoms with Gasteiger partial charge in [-0.25, -0.2) is 9.67 Å². The summed E-state index contributed by atoms with van der Waals surface area (Å²) in [5.41, 5.74) is 9.08. The molecule has 0 bridgehead atoms. The molecule has 3 rings (SSSR count). The first kappa shape index (κ1) is 21.5. The Labute approximate surface area is 181 Å². The summed E-state index contributed by atoms with van der Waals surface area (Å²) < 4.78 is 12.3. The molecule has 0 fully saturated rings. The number of nitrogens with two attached hydrogens (primary N) is 1. The number of methoxy groups -OCH3 is 2. The Hall–Kier alpha value is -2.75. The molecule has 0 spiro atoms. The van der Waals surface area contributed by atoms with Crippen molar-refractivity contribution in [2.24, 2.45) is 10.7 Å². The largest absolute Gasteiger partial charge is 0.493 e. The SMILES string of the molecule is COc1ccc(CN=C(N)NCc2ccc(-n3cccn3)cc2)cc1OC.I. The van der Waals surface area contributed by atoms with Crippen LogP contribution in [0.3, 0.4) is 0 Å². The second kappa shape index (κ2) is 10.5. The predicted octanol–water partition coefficient (Wildman–Crippen LogP) is 3.11. The fourth-order valence-corrected chi connectivity index (χ4v) is 2.59. The molecule has 148 valence electrons. The molecule has 0 saturated carbocycles. The maximum absolute atomic E-state index is 5.97. The molecule has 1 aromatic heterocycles. The monoisotopic (exact) mass is 493 g/mol. The van der Waals surface area contributed by atoms with Crippen molar-refractivity contribution in [2.75, 3.05) is 14.2 Å². The Morgan fingerprint density at radius 1 is 1.07 bits per heavy atom. The van der Waals surface area contributed by atoms with Gasteiger partial charge in [-0.1, -0.05) is 18.2 Å². The van der Waals surface area contributed by atoms with Crippen molar-refractivity contribution >= 4 is 29.9 Å². The summed E-state index contributed by atoms with van der Waals surface area (Å²) in [6.45, 7) is 1.05. The lowest BCUT2D eigenvalue weighted by Crippen LogP contribution is -2.31. The molecule has 3 N–H and O–H groups in total. The van der Waals surface area contributed by atoms with E-state index in [0.717, 1.165) is 16.8 Å². The molecule has 0 atom stereocenters. The zero-order chi connectivity index (χ0) is 19.1. The zero-order valence-corrected chi connectivity index (χ0v) is 18.2. The van der Waals surface area contributed by atoms with E-state index in [4.69, 9.17) is 15.2 Å². The predicted molar refractivity (Wildman–Crippen MR) is 121 cm³/mol. The molecule has 7 nitrogen and oxygen atoms in total. The average molecular weight is 493 g/mol. The molecule has 0 amide bonds. The van der Waals surface area contributed by atoms with E-state index >= 15 is 0 Å². The number of ether oxygens (including phenoxy) is 2. The first-order valence-corrected chi connectivity index (χ1v) is 8.53. The summed E-state index contributed by atoms with van der Waals surface area (Å²) in [6.07, 6.45) is 3.66. The lowest BCUT2D eigenvalue weighted by Gasteiger charge is -2.09. The second-order valence-electron chi connectivity index (χ2n) is 5.86. The molecule has 0 aliphatic carbocycles. The molecular formula is C20H24IN5O2. The number of hydrogen-bond donors (Lipinski definition) is 2. The number of hydrogen-bond acceptors (Lipinski definition) is 4. The van der Waals surface area contributed by atoms with Gasteiger partial charge in [0.15, 0.2) is 17.5 Å². The van der Waals surface area contributed by atoms with Gasteiger partial charge in [0, 0.05) is 18.9 Å². The van der Waals surface area contributed by atoms with Crippen molar-refractivity contribution in [3.63, 3.8) is 0 Å². The highest BCUT2D eigenvalue weighted by Crippen LogP contribution is 2.27. The third-order valence-corrected chi connectivity index (χ3v) is 4.06. The topological polar surface area (TPSA) is 86.7 Å². The van der Waals surface area contributed by atoms with Crippen LogP contribution in [-0.2, 0) is 13.1 Å². The zero-order valence-electron chi connectivity index (χ0n) is 15.8. The molecular weight excluding hydrogens is 469 g/mol. The molecule has 0 aliphatic rings. The Bertz CT molecular complexity index is 895. The minimum Gasteiger partial charge on any atom is -0.493 e. The second-order valence-corrected chi connectivity index (χ2v) is 5.86. The minimum atomic E-state index is 0. The van der Waals surface area contributed by atoms with Crippen molar-refractivity contribution in [1.29, 1.82) is 0 Å². The number of nitrogens with one attached hydrogen (secondary N) is 1. The number of nitrogens with zero attached hydrogens (tertiary/aromatic N) is 3. The minimum absolute atomic E-state index is 0. The first-order chi connectivity index (χ1) is 13.2. The van der Waals surface area contributed by atoms with Crippen LogP contribution in [0.1, 0.15) is 11.1 Å². The molecule has 1 heterocycles. The van der Waals surface area contributed by atoms with Crippen LogP contribution in [0.2, 0.25) is 0 Å². The molecule has 8 heteroatoms. The van der Waals surface area contributed by atoms with Crippen molar-refractivity contribution in [3.05, 3.63) is 72.1 Å². The van der Waals surface area contributed by atoms with Crippen LogP contribution in [0.4, 0.5) is 0 Å². The summed E-state index contributed by atoms with van der Waals surface area (Å²) in [5.74, 6) is 1.75. The van der Waals surface area contributed by atoms with Crippen LogP contribution in [0.25, 0.3) is 5.69 Å². The van der Waals surface area contributed by atoms with E-state index in [-0.39, 0.29) is 24.0 Å². The standard InChI is InChI=1S/C20H23N5O2.HI/c1-26-18-9-6-16(12-19(18)27-2)14-23-20(21)22-13-15-4-7-17(8-5-15)25-11-3-10-24-25;/h3-12H,13-14H2,1-2H3,(H3,21,22,23);1H. The van der Waals surface area contributed by atoms with Crippen molar-refractivity contribution in [1.82, 2.24) is 15.1 Å². The molecule has 0 saturated heterocycles. The number of guanidine groups is 1. The quantitative estimate of drug-likeness (QED) is 0.300. The third kappa shape index (κ3) is 5.62. The third-order valence-electron chi connectivity index (χ3n) is 4.06. The fraction of sp³-hybridized carbons (Fsp3) is 0.200. The summed E-state index contributed by atoms with van der Waals surface area (Å²) in [5, 5.41) is 7.34. The van der Waals surface area contributed by atoms with Crippen molar-refractivity contribution in [2.45, 2.75) is 13.1 Å². The summed E-state index contributed by atoms with van der Waals surface area (Å²) >= 11 is 0. The highest BCUT2D eigenvalue weighted by Gasteiger charge is 2.04. The fourth-order valence-electron chi connectivity index (χ4n) is 2.59. The van der Waals surface area contributed by atoms with Crippen molar-refractivity contribution in [3.8, 4) is 17.2 Å². The van der Waals surface area contributed by atoms with E-state index in [9.17, 15) is 0 Å². The number of benzene rings is 2. The van der Waals surface area contributed by atoms with E-state index in [1.807, 2.05) is 59.4 Å². The van der Waals surface area contributed by atoms with E-state index < -0.39 is 0 Å². The summed E-state index contributed by atoms with van der Waals surface area (Å²) in [4.78, 5) is 4.37.